The Hall–Kier alpha value is -2.90. The molecule has 2 amide bonds. The van der Waals surface area contributed by atoms with Crippen LogP contribution in [0, 0.1) is 5.82 Å². The van der Waals surface area contributed by atoms with Crippen molar-refractivity contribution in [1.82, 2.24) is 9.78 Å². The number of nitrogens with two attached hydrogens (primary N) is 1. The molecule has 0 unspecified atom stereocenters. The number of anilines is 3. The molecule has 0 saturated carbocycles. The van der Waals surface area contributed by atoms with Gasteiger partial charge in [0.2, 0.25) is 11.8 Å². The van der Waals surface area contributed by atoms with Crippen molar-refractivity contribution in [3.8, 4) is 0 Å². The van der Waals surface area contributed by atoms with Crippen molar-refractivity contribution in [2.75, 3.05) is 16.4 Å². The van der Waals surface area contributed by atoms with E-state index in [1.807, 2.05) is 0 Å². The first-order valence-electron chi connectivity index (χ1n) is 6.10. The van der Waals surface area contributed by atoms with Crippen molar-refractivity contribution in [2.24, 2.45) is 0 Å². The van der Waals surface area contributed by atoms with Crippen LogP contribution in [0.15, 0.2) is 30.5 Å². The molecular formula is C13H14FN5O2. The van der Waals surface area contributed by atoms with E-state index in [4.69, 9.17) is 5.73 Å². The Kier molecular flexibility index (Phi) is 4.17. The molecule has 0 fully saturated rings. The molecule has 8 heteroatoms. The molecule has 0 aliphatic carbocycles. The van der Waals surface area contributed by atoms with Crippen molar-refractivity contribution in [3.05, 3.63) is 36.3 Å². The van der Waals surface area contributed by atoms with Crippen LogP contribution in [0.2, 0.25) is 0 Å². The molecule has 0 radical (unpaired) electrons. The van der Waals surface area contributed by atoms with E-state index < -0.39 is 11.7 Å². The number of hydrogen-bond acceptors (Lipinski definition) is 4. The highest BCUT2D eigenvalue weighted by molar-refractivity contribution is 5.93. The van der Waals surface area contributed by atoms with Crippen molar-refractivity contribution < 1.29 is 14.0 Å². The van der Waals surface area contributed by atoms with Gasteiger partial charge >= 0.3 is 0 Å². The van der Waals surface area contributed by atoms with Gasteiger partial charge in [0.25, 0.3) is 0 Å². The fourth-order valence-electron chi connectivity index (χ4n) is 1.70. The molecule has 1 heterocycles. The molecular weight excluding hydrogens is 277 g/mol. The molecule has 0 spiro atoms. The second kappa shape index (κ2) is 6.04. The quantitative estimate of drug-likeness (QED) is 0.787. The number of rotatable bonds is 4. The highest BCUT2D eigenvalue weighted by Gasteiger charge is 2.08. The van der Waals surface area contributed by atoms with Crippen LogP contribution in [0.4, 0.5) is 21.6 Å². The Morgan fingerprint density at radius 2 is 2.10 bits per heavy atom. The molecule has 0 atom stereocenters. The minimum Gasteiger partial charge on any atom is -0.382 e. The minimum atomic E-state index is -0.581. The van der Waals surface area contributed by atoms with Gasteiger partial charge in [0.1, 0.15) is 18.2 Å². The fourth-order valence-corrected chi connectivity index (χ4v) is 1.70. The predicted octanol–water partition coefficient (Wildman–Crippen LogP) is 1.20. The summed E-state index contributed by atoms with van der Waals surface area (Å²) in [5.74, 6) is -1.01. The van der Waals surface area contributed by atoms with Gasteiger partial charge < -0.3 is 16.4 Å². The molecule has 21 heavy (non-hydrogen) atoms. The van der Waals surface area contributed by atoms with Crippen molar-refractivity contribution in [2.45, 2.75) is 13.5 Å². The highest BCUT2D eigenvalue weighted by Crippen LogP contribution is 2.19. The first-order valence-corrected chi connectivity index (χ1v) is 6.10. The Morgan fingerprint density at radius 1 is 1.33 bits per heavy atom. The number of aromatic nitrogens is 2. The van der Waals surface area contributed by atoms with Crippen LogP contribution in [-0.4, -0.2) is 21.6 Å². The third kappa shape index (κ3) is 4.03. The Labute approximate surface area is 119 Å². The van der Waals surface area contributed by atoms with Crippen LogP contribution in [0.1, 0.15) is 6.92 Å². The Morgan fingerprint density at radius 3 is 2.71 bits per heavy atom. The first kappa shape index (κ1) is 14.5. The maximum atomic E-state index is 13.5. The van der Waals surface area contributed by atoms with E-state index in [1.165, 1.54) is 23.7 Å². The number of halogens is 1. The second-order valence-electron chi connectivity index (χ2n) is 4.36. The third-order valence-corrected chi connectivity index (χ3v) is 2.53. The summed E-state index contributed by atoms with van der Waals surface area (Å²) in [5.41, 5.74) is 5.81. The number of hydrogen-bond donors (Lipinski definition) is 3. The van der Waals surface area contributed by atoms with Crippen LogP contribution < -0.4 is 16.4 Å². The number of nitrogens with one attached hydrogen (secondary N) is 2. The maximum Gasteiger partial charge on any atom is 0.246 e. The van der Waals surface area contributed by atoms with E-state index in [9.17, 15) is 14.0 Å². The van der Waals surface area contributed by atoms with Gasteiger partial charge in [-0.2, -0.15) is 5.10 Å². The lowest BCUT2D eigenvalue weighted by Crippen LogP contribution is -2.19. The van der Waals surface area contributed by atoms with Crippen molar-refractivity contribution in [1.29, 1.82) is 0 Å². The van der Waals surface area contributed by atoms with Crippen LogP contribution in [0.25, 0.3) is 0 Å². The number of carbonyl (C=O) groups excluding carboxylic acids is 2. The van der Waals surface area contributed by atoms with Gasteiger partial charge in [-0.3, -0.25) is 14.3 Å². The summed E-state index contributed by atoms with van der Waals surface area (Å²) < 4.78 is 14.8. The monoisotopic (exact) mass is 291 g/mol. The van der Waals surface area contributed by atoms with Crippen LogP contribution in [-0.2, 0) is 16.1 Å². The van der Waals surface area contributed by atoms with Gasteiger partial charge in [0.05, 0.1) is 5.69 Å². The minimum absolute atomic E-state index is 0.00336. The Bertz CT molecular complexity index is 683. The molecule has 0 aliphatic rings. The Balaban J connectivity index is 2.05. The normalized spacial score (nSPS) is 10.2. The molecule has 0 bridgehead atoms. The van der Waals surface area contributed by atoms with Crippen LogP contribution in [0.5, 0.6) is 0 Å². The van der Waals surface area contributed by atoms with E-state index in [-0.39, 0.29) is 18.1 Å². The number of nitrogen functional groups attached to an aromatic ring is 1. The van der Waals surface area contributed by atoms with E-state index in [0.717, 1.165) is 6.07 Å². The average Bonchev–Trinajstić information content (AvgIpc) is 2.78. The maximum absolute atomic E-state index is 13.5. The van der Waals surface area contributed by atoms with Gasteiger partial charge in [-0.15, -0.1) is 0 Å². The largest absolute Gasteiger partial charge is 0.382 e. The van der Waals surface area contributed by atoms with Crippen molar-refractivity contribution >= 4 is 29.0 Å². The topological polar surface area (TPSA) is 102 Å². The molecule has 2 aromatic rings. The number of benzene rings is 1. The molecule has 1 aromatic carbocycles. The molecule has 0 aliphatic heterocycles. The predicted molar refractivity (Wildman–Crippen MR) is 76.0 cm³/mol. The smallest absolute Gasteiger partial charge is 0.246 e. The first-order chi connectivity index (χ1) is 9.94. The molecule has 7 nitrogen and oxygen atoms in total. The standard InChI is InChI=1S/C13H14FN5O2/c1-8(20)16-11-6-9(2-3-10(11)14)17-13(21)7-19-5-4-12(15)18-19/h2-6H,7H2,1H3,(H2,15,18)(H,16,20)(H,17,21). The van der Waals surface area contributed by atoms with Gasteiger partial charge in [-0.05, 0) is 24.3 Å². The summed E-state index contributed by atoms with van der Waals surface area (Å²) in [7, 11) is 0. The molecule has 0 saturated heterocycles. The zero-order valence-corrected chi connectivity index (χ0v) is 11.3. The van der Waals surface area contributed by atoms with Gasteiger partial charge in [0, 0.05) is 18.8 Å². The summed E-state index contributed by atoms with van der Waals surface area (Å²) in [5, 5.41) is 8.80. The second-order valence-corrected chi connectivity index (χ2v) is 4.36. The summed E-state index contributed by atoms with van der Waals surface area (Å²) in [6.45, 7) is 1.25. The van der Waals surface area contributed by atoms with Gasteiger partial charge in [-0.25, -0.2) is 4.39 Å². The molecule has 1 aromatic heterocycles. The highest BCUT2D eigenvalue weighted by atomic mass is 19.1. The molecule has 4 N–H and O–H groups in total. The van der Waals surface area contributed by atoms with E-state index >= 15 is 0 Å². The zero-order chi connectivity index (χ0) is 15.4. The number of carbonyl (C=O) groups is 2. The summed E-state index contributed by atoms with van der Waals surface area (Å²) in [4.78, 5) is 22.8. The molecule has 110 valence electrons. The number of nitrogens with zero attached hydrogens (tertiary/aromatic N) is 2. The van der Waals surface area contributed by atoms with Gasteiger partial charge in [-0.1, -0.05) is 0 Å². The lowest BCUT2D eigenvalue weighted by Gasteiger charge is -2.09. The summed E-state index contributed by atoms with van der Waals surface area (Å²) >= 11 is 0. The lowest BCUT2D eigenvalue weighted by molar-refractivity contribution is -0.117. The summed E-state index contributed by atoms with van der Waals surface area (Å²) in [6.07, 6.45) is 1.57. The number of amides is 2. The lowest BCUT2D eigenvalue weighted by atomic mass is 10.2. The average molecular weight is 291 g/mol. The van der Waals surface area contributed by atoms with E-state index in [1.54, 1.807) is 12.3 Å². The SMILES string of the molecule is CC(=O)Nc1cc(NC(=O)Cn2ccc(N)n2)ccc1F. The summed E-state index contributed by atoms with van der Waals surface area (Å²) in [6, 6.07) is 5.47. The van der Waals surface area contributed by atoms with E-state index in [0.29, 0.717) is 11.5 Å². The third-order valence-electron chi connectivity index (χ3n) is 2.53. The fraction of sp³-hybridized carbons (Fsp3) is 0.154. The molecule has 2 rings (SSSR count). The van der Waals surface area contributed by atoms with Crippen molar-refractivity contribution in [3.63, 3.8) is 0 Å². The van der Waals surface area contributed by atoms with Gasteiger partial charge in [0.15, 0.2) is 0 Å². The zero-order valence-electron chi connectivity index (χ0n) is 11.3. The van der Waals surface area contributed by atoms with Crippen LogP contribution in [0.3, 0.4) is 0 Å². The van der Waals surface area contributed by atoms with Crippen LogP contribution >= 0.6 is 0 Å². The van der Waals surface area contributed by atoms with E-state index in [2.05, 4.69) is 15.7 Å².